The number of likely N-dealkylation sites (tertiary alicyclic amines) is 1. The van der Waals surface area contributed by atoms with E-state index in [1.165, 1.54) is 0 Å². The highest BCUT2D eigenvalue weighted by atomic mass is 16.6. The zero-order valence-corrected chi connectivity index (χ0v) is 11.2. The number of amides is 2. The lowest BCUT2D eigenvalue weighted by Crippen LogP contribution is -2.50. The highest BCUT2D eigenvalue weighted by Crippen LogP contribution is 2.12. The van der Waals surface area contributed by atoms with E-state index >= 15 is 0 Å². The van der Waals surface area contributed by atoms with Gasteiger partial charge in [-0.3, -0.25) is 10.1 Å². The predicted molar refractivity (Wildman–Crippen MR) is 70.7 cm³/mol. The van der Waals surface area contributed by atoms with Gasteiger partial charge >= 0.3 is 6.09 Å². The minimum atomic E-state index is -0.257. The van der Waals surface area contributed by atoms with Crippen LogP contribution in [0.3, 0.4) is 0 Å². The third-order valence-electron chi connectivity index (χ3n) is 3.43. The third kappa shape index (κ3) is 3.70. The molecule has 0 bridgehead atoms. The van der Waals surface area contributed by atoms with E-state index in [1.807, 2.05) is 12.2 Å². The first kappa shape index (κ1) is 13.9. The fourth-order valence-corrected chi connectivity index (χ4v) is 2.36. The van der Waals surface area contributed by atoms with Gasteiger partial charge in [-0.15, -0.1) is 0 Å². The molecular formula is C13H21N3O3. The van der Waals surface area contributed by atoms with E-state index in [2.05, 4.69) is 10.6 Å². The van der Waals surface area contributed by atoms with E-state index in [-0.39, 0.29) is 24.1 Å². The molecule has 0 aromatic rings. The highest BCUT2D eigenvalue weighted by molar-refractivity contribution is 5.84. The molecule has 0 spiro atoms. The van der Waals surface area contributed by atoms with E-state index in [1.54, 1.807) is 11.8 Å². The molecule has 2 aliphatic rings. The number of nitrogens with one attached hydrogen (secondary N) is 2. The van der Waals surface area contributed by atoms with E-state index < -0.39 is 0 Å². The van der Waals surface area contributed by atoms with Crippen LogP contribution in [-0.4, -0.2) is 55.2 Å². The quantitative estimate of drug-likeness (QED) is 0.719. The van der Waals surface area contributed by atoms with Gasteiger partial charge in [0.15, 0.2) is 0 Å². The molecule has 0 radical (unpaired) electrons. The lowest BCUT2D eigenvalue weighted by atomic mass is 10.0. The molecule has 19 heavy (non-hydrogen) atoms. The topological polar surface area (TPSA) is 70.7 Å². The molecule has 0 saturated carbocycles. The van der Waals surface area contributed by atoms with Crippen LogP contribution in [0, 0.1) is 0 Å². The Morgan fingerprint density at radius 1 is 1.42 bits per heavy atom. The Kier molecular flexibility index (Phi) is 4.79. The van der Waals surface area contributed by atoms with Crippen molar-refractivity contribution in [3.8, 4) is 0 Å². The maximum absolute atomic E-state index is 11.9. The van der Waals surface area contributed by atoms with Gasteiger partial charge in [0.25, 0.3) is 0 Å². The summed E-state index contributed by atoms with van der Waals surface area (Å²) in [4.78, 5) is 25.1. The fraction of sp³-hybridized carbons (Fsp3) is 0.692. The molecule has 0 aromatic heterocycles. The van der Waals surface area contributed by atoms with E-state index in [0.717, 1.165) is 19.4 Å². The fourth-order valence-electron chi connectivity index (χ4n) is 2.36. The van der Waals surface area contributed by atoms with Crippen LogP contribution in [-0.2, 0) is 9.53 Å². The van der Waals surface area contributed by atoms with E-state index in [0.29, 0.717) is 19.7 Å². The smallest absolute Gasteiger partial charge is 0.409 e. The number of hydrogen-bond donors (Lipinski definition) is 2. The molecule has 0 aromatic carbocycles. The molecule has 1 saturated heterocycles. The van der Waals surface area contributed by atoms with Gasteiger partial charge in [-0.05, 0) is 19.8 Å². The average molecular weight is 267 g/mol. The molecule has 1 atom stereocenters. The van der Waals surface area contributed by atoms with Crippen molar-refractivity contribution in [2.45, 2.75) is 31.8 Å². The molecule has 2 rings (SSSR count). The molecule has 2 amide bonds. The molecule has 2 N–H and O–H groups in total. The second kappa shape index (κ2) is 6.56. The number of carbonyl (C=O) groups is 2. The number of hydrogen-bond acceptors (Lipinski definition) is 4. The molecule has 2 aliphatic heterocycles. The summed E-state index contributed by atoms with van der Waals surface area (Å²) < 4.78 is 4.96. The third-order valence-corrected chi connectivity index (χ3v) is 3.43. The van der Waals surface area contributed by atoms with Crippen LogP contribution in [0.25, 0.3) is 0 Å². The van der Waals surface area contributed by atoms with Gasteiger partial charge in [-0.25, -0.2) is 4.79 Å². The van der Waals surface area contributed by atoms with Gasteiger partial charge in [-0.2, -0.15) is 0 Å². The average Bonchev–Trinajstić information content (AvgIpc) is 2.94. The Hall–Kier alpha value is -1.56. The van der Waals surface area contributed by atoms with Gasteiger partial charge in [0, 0.05) is 25.7 Å². The molecule has 106 valence electrons. The number of carbonyl (C=O) groups excluding carboxylic acids is 2. The van der Waals surface area contributed by atoms with Crippen molar-refractivity contribution in [1.82, 2.24) is 15.5 Å². The summed E-state index contributed by atoms with van der Waals surface area (Å²) >= 11 is 0. The van der Waals surface area contributed by atoms with Crippen LogP contribution in [0.2, 0.25) is 0 Å². The van der Waals surface area contributed by atoms with Crippen molar-refractivity contribution >= 4 is 12.0 Å². The van der Waals surface area contributed by atoms with Crippen molar-refractivity contribution < 1.29 is 14.3 Å². The minimum Gasteiger partial charge on any atom is -0.450 e. The maximum atomic E-state index is 11.9. The standard InChI is InChI=1S/C13H21N3O3/c1-2-19-13(18)16-8-5-10(6-9-16)15-12(17)11-4-3-7-14-11/h3-4,10-11,14H,2,5-9H2,1H3,(H,15,17)/t11-/m0/s1. The van der Waals surface area contributed by atoms with Crippen LogP contribution >= 0.6 is 0 Å². The Bertz CT molecular complexity index is 362. The van der Waals surface area contributed by atoms with Crippen LogP contribution in [0.5, 0.6) is 0 Å². The Morgan fingerprint density at radius 2 is 2.16 bits per heavy atom. The van der Waals surface area contributed by atoms with E-state index in [4.69, 9.17) is 4.74 Å². The number of piperidine rings is 1. The van der Waals surface area contributed by atoms with Gasteiger partial charge in [0.2, 0.25) is 5.91 Å². The second-order valence-corrected chi connectivity index (χ2v) is 4.78. The van der Waals surface area contributed by atoms with Crippen molar-refractivity contribution in [1.29, 1.82) is 0 Å². The summed E-state index contributed by atoms with van der Waals surface area (Å²) in [5, 5.41) is 6.10. The molecule has 6 nitrogen and oxygen atoms in total. The monoisotopic (exact) mass is 267 g/mol. The first-order valence-corrected chi connectivity index (χ1v) is 6.83. The Labute approximate surface area is 113 Å². The number of ether oxygens (including phenoxy) is 1. The first-order chi connectivity index (χ1) is 9.20. The Morgan fingerprint density at radius 3 is 2.74 bits per heavy atom. The normalized spacial score (nSPS) is 23.4. The van der Waals surface area contributed by atoms with Crippen molar-refractivity contribution in [2.24, 2.45) is 0 Å². The van der Waals surface area contributed by atoms with Crippen molar-refractivity contribution in [2.75, 3.05) is 26.2 Å². The van der Waals surface area contributed by atoms with Gasteiger partial charge in [0.05, 0.1) is 6.61 Å². The van der Waals surface area contributed by atoms with Crippen molar-refractivity contribution in [3.63, 3.8) is 0 Å². The summed E-state index contributed by atoms with van der Waals surface area (Å²) in [6, 6.07) is -0.0583. The molecule has 0 unspecified atom stereocenters. The Balaban J connectivity index is 1.72. The molecule has 0 aliphatic carbocycles. The number of rotatable bonds is 3. The summed E-state index contributed by atoms with van der Waals surface area (Å²) in [5.41, 5.74) is 0. The van der Waals surface area contributed by atoms with Crippen LogP contribution in [0.1, 0.15) is 19.8 Å². The van der Waals surface area contributed by atoms with E-state index in [9.17, 15) is 9.59 Å². The van der Waals surface area contributed by atoms with Crippen LogP contribution < -0.4 is 10.6 Å². The molecule has 2 heterocycles. The maximum Gasteiger partial charge on any atom is 0.409 e. The summed E-state index contributed by atoms with van der Waals surface area (Å²) in [7, 11) is 0. The summed E-state index contributed by atoms with van der Waals surface area (Å²) in [5.74, 6) is 0.0170. The second-order valence-electron chi connectivity index (χ2n) is 4.78. The largest absolute Gasteiger partial charge is 0.450 e. The predicted octanol–water partition coefficient (Wildman–Crippen LogP) is 0.252. The lowest BCUT2D eigenvalue weighted by molar-refractivity contribution is -0.122. The zero-order chi connectivity index (χ0) is 13.7. The summed E-state index contributed by atoms with van der Waals surface area (Å²) in [6.45, 7) is 4.22. The SMILES string of the molecule is CCOC(=O)N1CCC(NC(=O)[C@@H]2C=CCN2)CC1. The zero-order valence-electron chi connectivity index (χ0n) is 11.2. The lowest BCUT2D eigenvalue weighted by Gasteiger charge is -2.32. The van der Waals surface area contributed by atoms with Crippen molar-refractivity contribution in [3.05, 3.63) is 12.2 Å². The molecule has 6 heteroatoms. The minimum absolute atomic E-state index is 0.0170. The first-order valence-electron chi connectivity index (χ1n) is 6.83. The van der Waals surface area contributed by atoms with Crippen LogP contribution in [0.4, 0.5) is 4.79 Å². The number of nitrogens with zero attached hydrogens (tertiary/aromatic N) is 1. The molecule has 1 fully saturated rings. The highest BCUT2D eigenvalue weighted by Gasteiger charge is 2.26. The molecular weight excluding hydrogens is 246 g/mol. The van der Waals surface area contributed by atoms with Crippen LogP contribution in [0.15, 0.2) is 12.2 Å². The summed E-state index contributed by atoms with van der Waals surface area (Å²) in [6.07, 6.45) is 5.13. The van der Waals surface area contributed by atoms with Gasteiger partial charge in [-0.1, -0.05) is 12.2 Å². The van der Waals surface area contributed by atoms with Gasteiger partial charge < -0.3 is 15.0 Å². The van der Waals surface area contributed by atoms with Gasteiger partial charge in [0.1, 0.15) is 6.04 Å².